The largest absolute Gasteiger partial charge is 0.497 e. The molecule has 0 bridgehead atoms. The molecule has 8 heteroatoms. The second kappa shape index (κ2) is 8.24. The summed E-state index contributed by atoms with van der Waals surface area (Å²) in [5.74, 6) is 0.990. The number of aryl methyl sites for hydroxylation is 1. The zero-order valence-corrected chi connectivity index (χ0v) is 16.1. The molecule has 2 aromatic heterocycles. The number of hydrogen-bond acceptors (Lipinski definition) is 6. The van der Waals surface area contributed by atoms with E-state index in [4.69, 9.17) is 9.47 Å². The molecule has 0 fully saturated rings. The van der Waals surface area contributed by atoms with Crippen LogP contribution in [0.4, 0.5) is 0 Å². The molecule has 3 aromatic rings. The van der Waals surface area contributed by atoms with Crippen molar-refractivity contribution in [1.82, 2.24) is 15.1 Å². The van der Waals surface area contributed by atoms with Gasteiger partial charge >= 0.3 is 0 Å². The summed E-state index contributed by atoms with van der Waals surface area (Å²) < 4.78 is 12.2. The van der Waals surface area contributed by atoms with Crippen LogP contribution in [0.5, 0.6) is 11.5 Å². The highest BCUT2D eigenvalue weighted by molar-refractivity contribution is 7.10. The number of ether oxygens (including phenoxy) is 2. The van der Waals surface area contributed by atoms with E-state index in [2.05, 4.69) is 10.4 Å². The second-order valence-electron chi connectivity index (χ2n) is 5.85. The van der Waals surface area contributed by atoms with E-state index in [0.29, 0.717) is 22.9 Å². The van der Waals surface area contributed by atoms with E-state index in [-0.39, 0.29) is 12.5 Å². The lowest BCUT2D eigenvalue weighted by Crippen LogP contribution is -2.29. The van der Waals surface area contributed by atoms with Crippen LogP contribution in [0.1, 0.15) is 21.5 Å². The Balaban J connectivity index is 1.79. The highest BCUT2D eigenvalue weighted by Gasteiger charge is 2.18. The summed E-state index contributed by atoms with van der Waals surface area (Å²) in [7, 11) is 4.86. The van der Waals surface area contributed by atoms with Crippen molar-refractivity contribution in [3.05, 3.63) is 52.3 Å². The first-order valence-electron chi connectivity index (χ1n) is 8.29. The quantitative estimate of drug-likeness (QED) is 0.651. The molecule has 0 radical (unpaired) electrons. The third-order valence-electron chi connectivity index (χ3n) is 4.12. The van der Waals surface area contributed by atoms with Crippen LogP contribution in [0, 0.1) is 0 Å². The summed E-state index contributed by atoms with van der Waals surface area (Å²) in [5, 5.41) is 19.2. The predicted octanol–water partition coefficient (Wildman–Crippen LogP) is 2.63. The Morgan fingerprint density at radius 3 is 2.78 bits per heavy atom. The summed E-state index contributed by atoms with van der Waals surface area (Å²) in [6, 6.07) is 10.8. The maximum atomic E-state index is 12.5. The van der Waals surface area contributed by atoms with Crippen LogP contribution in [0.15, 0.2) is 41.8 Å². The van der Waals surface area contributed by atoms with Crippen molar-refractivity contribution >= 4 is 17.2 Å². The van der Waals surface area contributed by atoms with Crippen molar-refractivity contribution in [2.75, 3.05) is 20.8 Å². The van der Waals surface area contributed by atoms with Gasteiger partial charge in [0.25, 0.3) is 5.91 Å². The third-order valence-corrected chi connectivity index (χ3v) is 5.10. The number of nitrogens with one attached hydrogen (secondary N) is 1. The van der Waals surface area contributed by atoms with Crippen LogP contribution >= 0.6 is 11.3 Å². The third kappa shape index (κ3) is 4.12. The minimum absolute atomic E-state index is 0.127. The molecule has 0 saturated heterocycles. The van der Waals surface area contributed by atoms with E-state index in [1.807, 2.05) is 23.6 Å². The summed E-state index contributed by atoms with van der Waals surface area (Å²) in [4.78, 5) is 13.3. The van der Waals surface area contributed by atoms with Crippen molar-refractivity contribution in [3.8, 4) is 22.8 Å². The van der Waals surface area contributed by atoms with Gasteiger partial charge in [0, 0.05) is 24.0 Å². The lowest BCUT2D eigenvalue weighted by atomic mass is 10.1. The first-order chi connectivity index (χ1) is 13.0. The normalized spacial score (nSPS) is 11.9. The van der Waals surface area contributed by atoms with Crippen molar-refractivity contribution in [2.45, 2.75) is 6.10 Å². The zero-order chi connectivity index (χ0) is 19.4. The molecule has 2 heterocycles. The SMILES string of the molecule is COc1ccc(OC)c(-c2cc(C(=O)NCC(O)c3cccs3)n(C)n2)c1. The molecule has 0 aliphatic heterocycles. The number of methoxy groups -OCH3 is 2. The maximum absolute atomic E-state index is 12.5. The van der Waals surface area contributed by atoms with Crippen molar-refractivity contribution < 1.29 is 19.4 Å². The second-order valence-corrected chi connectivity index (χ2v) is 6.83. The number of aromatic nitrogens is 2. The molecule has 0 saturated carbocycles. The van der Waals surface area contributed by atoms with Gasteiger partial charge in [-0.2, -0.15) is 5.10 Å². The van der Waals surface area contributed by atoms with Gasteiger partial charge in [-0.25, -0.2) is 0 Å². The lowest BCUT2D eigenvalue weighted by Gasteiger charge is -2.10. The Kier molecular flexibility index (Phi) is 5.78. The number of thiophene rings is 1. The zero-order valence-electron chi connectivity index (χ0n) is 15.3. The van der Waals surface area contributed by atoms with Crippen LogP contribution in [-0.4, -0.2) is 41.6 Å². The molecule has 1 atom stereocenters. The molecule has 2 N–H and O–H groups in total. The molecule has 0 aliphatic carbocycles. The summed E-state index contributed by atoms with van der Waals surface area (Å²) in [6.07, 6.45) is -0.736. The van der Waals surface area contributed by atoms with Gasteiger partial charge in [-0.15, -0.1) is 11.3 Å². The van der Waals surface area contributed by atoms with Crippen LogP contribution in [0.25, 0.3) is 11.3 Å². The molecule has 3 rings (SSSR count). The van der Waals surface area contributed by atoms with Crippen molar-refractivity contribution in [3.63, 3.8) is 0 Å². The Hall–Kier alpha value is -2.84. The van der Waals surface area contributed by atoms with Gasteiger partial charge in [-0.05, 0) is 35.7 Å². The Morgan fingerprint density at radius 1 is 1.30 bits per heavy atom. The van der Waals surface area contributed by atoms with E-state index < -0.39 is 6.10 Å². The molecular weight excluding hydrogens is 366 g/mol. The topological polar surface area (TPSA) is 85.6 Å². The molecule has 7 nitrogen and oxygen atoms in total. The molecule has 142 valence electrons. The Bertz CT molecular complexity index is 921. The number of carbonyl (C=O) groups is 1. The summed E-state index contributed by atoms with van der Waals surface area (Å²) >= 11 is 1.45. The average molecular weight is 387 g/mol. The molecule has 0 spiro atoms. The molecule has 27 heavy (non-hydrogen) atoms. The minimum Gasteiger partial charge on any atom is -0.497 e. The highest BCUT2D eigenvalue weighted by Crippen LogP contribution is 2.32. The van der Waals surface area contributed by atoms with E-state index in [0.717, 1.165) is 10.4 Å². The summed E-state index contributed by atoms with van der Waals surface area (Å²) in [6.45, 7) is 0.127. The number of aliphatic hydroxyl groups excluding tert-OH is 1. The maximum Gasteiger partial charge on any atom is 0.269 e. The molecule has 1 amide bonds. The molecule has 0 aliphatic rings. The number of hydrogen-bond donors (Lipinski definition) is 2. The first kappa shape index (κ1) is 18.9. The van der Waals surface area contributed by atoms with Gasteiger partial charge in [0.15, 0.2) is 0 Å². The molecular formula is C19H21N3O4S. The standard InChI is InChI=1S/C19H21N3O4S/c1-22-15(19(24)20-11-16(23)18-5-4-8-27-18)10-14(21-22)13-9-12(25-2)6-7-17(13)26-3/h4-10,16,23H,11H2,1-3H3,(H,20,24). The fourth-order valence-corrected chi connectivity index (χ4v) is 3.40. The lowest BCUT2D eigenvalue weighted by molar-refractivity contribution is 0.0908. The number of rotatable bonds is 7. The van der Waals surface area contributed by atoms with Gasteiger partial charge in [-0.1, -0.05) is 6.07 Å². The van der Waals surface area contributed by atoms with E-state index in [9.17, 15) is 9.90 Å². The van der Waals surface area contributed by atoms with Gasteiger partial charge in [0.05, 0.1) is 19.9 Å². The van der Waals surface area contributed by atoms with E-state index in [1.165, 1.54) is 16.0 Å². The number of aliphatic hydroxyl groups is 1. The van der Waals surface area contributed by atoms with Gasteiger partial charge in [0.1, 0.15) is 23.3 Å². The number of nitrogens with zero attached hydrogens (tertiary/aromatic N) is 2. The van der Waals surface area contributed by atoms with Crippen LogP contribution < -0.4 is 14.8 Å². The fourth-order valence-electron chi connectivity index (χ4n) is 2.69. The van der Waals surface area contributed by atoms with Crippen LogP contribution in [0.3, 0.4) is 0 Å². The predicted molar refractivity (Wildman–Crippen MR) is 103 cm³/mol. The highest BCUT2D eigenvalue weighted by atomic mass is 32.1. The van der Waals surface area contributed by atoms with E-state index >= 15 is 0 Å². The van der Waals surface area contributed by atoms with Gasteiger partial charge in [0.2, 0.25) is 0 Å². The van der Waals surface area contributed by atoms with Crippen LogP contribution in [-0.2, 0) is 7.05 Å². The van der Waals surface area contributed by atoms with Crippen molar-refractivity contribution in [2.24, 2.45) is 7.05 Å². The number of carbonyl (C=O) groups excluding carboxylic acids is 1. The number of benzene rings is 1. The van der Waals surface area contributed by atoms with Crippen molar-refractivity contribution in [1.29, 1.82) is 0 Å². The van der Waals surface area contributed by atoms with E-state index in [1.54, 1.807) is 39.5 Å². The Morgan fingerprint density at radius 2 is 2.11 bits per heavy atom. The Labute approximate surface area is 161 Å². The van der Waals surface area contributed by atoms with Gasteiger partial charge < -0.3 is 19.9 Å². The molecule has 1 aromatic carbocycles. The molecule has 1 unspecified atom stereocenters. The first-order valence-corrected chi connectivity index (χ1v) is 9.17. The monoisotopic (exact) mass is 387 g/mol. The average Bonchev–Trinajstić information content (AvgIpc) is 3.35. The number of amides is 1. The van der Waals surface area contributed by atoms with Gasteiger partial charge in [-0.3, -0.25) is 9.48 Å². The fraction of sp³-hybridized carbons (Fsp3) is 0.263. The summed E-state index contributed by atoms with van der Waals surface area (Å²) in [5.41, 5.74) is 1.70. The van der Waals surface area contributed by atoms with Crippen LogP contribution in [0.2, 0.25) is 0 Å². The minimum atomic E-state index is -0.736. The smallest absolute Gasteiger partial charge is 0.269 e.